The zero-order chi connectivity index (χ0) is 14.8. The van der Waals surface area contributed by atoms with Crippen LogP contribution in [0.15, 0.2) is 60.7 Å². The van der Waals surface area contributed by atoms with Gasteiger partial charge in [-0.25, -0.2) is 4.79 Å². The van der Waals surface area contributed by atoms with Crippen LogP contribution in [0.4, 0.5) is 10.5 Å². The number of carboxylic acid groups (broad SMARTS) is 1. The molecule has 0 unspecified atom stereocenters. The van der Waals surface area contributed by atoms with Crippen LogP contribution in [0.3, 0.4) is 0 Å². The molecule has 0 saturated heterocycles. The molecule has 5 heteroatoms. The molecule has 2 rings (SSSR count). The third kappa shape index (κ3) is 6.80. The van der Waals surface area contributed by atoms with Crippen molar-refractivity contribution in [1.82, 2.24) is 0 Å². The maximum absolute atomic E-state index is 10.3. The summed E-state index contributed by atoms with van der Waals surface area (Å²) in [5.74, 6) is -0.786. The van der Waals surface area contributed by atoms with Crippen molar-refractivity contribution in [2.75, 3.05) is 5.32 Å². The molecule has 5 nitrogen and oxygen atoms in total. The van der Waals surface area contributed by atoms with Crippen molar-refractivity contribution in [3.05, 3.63) is 66.2 Å². The van der Waals surface area contributed by atoms with E-state index in [-0.39, 0.29) is 6.42 Å². The van der Waals surface area contributed by atoms with E-state index in [0.29, 0.717) is 0 Å². The standard InChI is InChI=1S/C8H8O2.C7H8N2O/c9-8(10)6-7-4-2-1-3-5-7;8-7(10)9-6-4-2-1-3-5-6/h1-5H,6H2,(H,9,10);1-5H,(H3,8,9,10). The van der Waals surface area contributed by atoms with E-state index in [1.54, 1.807) is 24.3 Å². The molecule has 104 valence electrons. The Bertz CT molecular complexity index is 490. The van der Waals surface area contributed by atoms with Gasteiger partial charge in [-0.2, -0.15) is 0 Å². The SMILES string of the molecule is NC(=O)Nc1ccccc1.O=C(O)Cc1ccccc1. The molecular formula is C15H16N2O3. The normalized spacial score (nSPS) is 9.00. The largest absolute Gasteiger partial charge is 0.481 e. The molecule has 0 spiro atoms. The zero-order valence-electron chi connectivity index (χ0n) is 10.8. The number of rotatable bonds is 3. The maximum atomic E-state index is 10.3. The smallest absolute Gasteiger partial charge is 0.316 e. The lowest BCUT2D eigenvalue weighted by Crippen LogP contribution is -2.18. The maximum Gasteiger partial charge on any atom is 0.316 e. The highest BCUT2D eigenvalue weighted by Crippen LogP contribution is 2.03. The summed E-state index contributed by atoms with van der Waals surface area (Å²) >= 11 is 0. The summed E-state index contributed by atoms with van der Waals surface area (Å²) in [4.78, 5) is 20.4. The number of carboxylic acids is 1. The molecule has 0 aromatic heterocycles. The van der Waals surface area contributed by atoms with Crippen molar-refractivity contribution in [3.63, 3.8) is 0 Å². The molecule has 0 atom stereocenters. The van der Waals surface area contributed by atoms with Crippen LogP contribution in [0, 0.1) is 0 Å². The summed E-state index contributed by atoms with van der Waals surface area (Å²) < 4.78 is 0. The number of urea groups is 1. The predicted octanol–water partition coefficient (Wildman–Crippen LogP) is 2.49. The van der Waals surface area contributed by atoms with Gasteiger partial charge in [0.2, 0.25) is 0 Å². The van der Waals surface area contributed by atoms with Gasteiger partial charge in [-0.1, -0.05) is 48.5 Å². The van der Waals surface area contributed by atoms with E-state index >= 15 is 0 Å². The Kier molecular flexibility index (Phi) is 6.33. The van der Waals surface area contributed by atoms with Gasteiger partial charge in [-0.3, -0.25) is 4.79 Å². The van der Waals surface area contributed by atoms with Crippen molar-refractivity contribution in [3.8, 4) is 0 Å². The third-order valence-electron chi connectivity index (χ3n) is 2.24. The van der Waals surface area contributed by atoms with Crippen molar-refractivity contribution in [1.29, 1.82) is 0 Å². The minimum atomic E-state index is -0.786. The molecule has 2 aromatic rings. The Morgan fingerprint density at radius 2 is 1.45 bits per heavy atom. The minimum Gasteiger partial charge on any atom is -0.481 e. The van der Waals surface area contributed by atoms with E-state index in [4.69, 9.17) is 10.8 Å². The minimum absolute atomic E-state index is 0.112. The molecule has 2 aromatic carbocycles. The van der Waals surface area contributed by atoms with E-state index in [2.05, 4.69) is 5.32 Å². The third-order valence-corrected chi connectivity index (χ3v) is 2.24. The summed E-state index contributed by atoms with van der Waals surface area (Å²) in [6.07, 6.45) is 0.112. The summed E-state index contributed by atoms with van der Waals surface area (Å²) in [7, 11) is 0. The van der Waals surface area contributed by atoms with Crippen LogP contribution in [-0.2, 0) is 11.2 Å². The van der Waals surface area contributed by atoms with Crippen LogP contribution in [0.2, 0.25) is 0 Å². The summed E-state index contributed by atoms with van der Waals surface area (Å²) in [5.41, 5.74) is 6.43. The topological polar surface area (TPSA) is 92.4 Å². The number of aliphatic carboxylic acids is 1. The predicted molar refractivity (Wildman–Crippen MR) is 77.4 cm³/mol. The number of primary amides is 1. The van der Waals surface area contributed by atoms with Gasteiger partial charge in [0, 0.05) is 5.69 Å². The molecule has 20 heavy (non-hydrogen) atoms. The van der Waals surface area contributed by atoms with Crippen molar-refractivity contribution >= 4 is 17.7 Å². The van der Waals surface area contributed by atoms with Gasteiger partial charge in [-0.05, 0) is 17.7 Å². The number of nitrogens with one attached hydrogen (secondary N) is 1. The first-order valence-electron chi connectivity index (χ1n) is 5.95. The first-order chi connectivity index (χ1) is 9.58. The van der Waals surface area contributed by atoms with Gasteiger partial charge in [-0.15, -0.1) is 0 Å². The van der Waals surface area contributed by atoms with Gasteiger partial charge in [0.25, 0.3) is 0 Å². The summed E-state index contributed by atoms with van der Waals surface area (Å²) in [6.45, 7) is 0. The van der Waals surface area contributed by atoms with Crippen molar-refractivity contribution < 1.29 is 14.7 Å². The molecule has 0 saturated carbocycles. The van der Waals surface area contributed by atoms with E-state index < -0.39 is 12.0 Å². The number of para-hydroxylation sites is 1. The molecule has 0 aliphatic heterocycles. The van der Waals surface area contributed by atoms with Crippen LogP contribution in [0.1, 0.15) is 5.56 Å². The highest BCUT2D eigenvalue weighted by Gasteiger charge is 1.96. The van der Waals surface area contributed by atoms with Gasteiger partial charge in [0.1, 0.15) is 0 Å². The lowest BCUT2D eigenvalue weighted by Gasteiger charge is -1.97. The quantitative estimate of drug-likeness (QED) is 0.801. The Morgan fingerprint density at radius 1 is 0.950 bits per heavy atom. The van der Waals surface area contributed by atoms with Gasteiger partial charge in [0.15, 0.2) is 0 Å². The van der Waals surface area contributed by atoms with E-state index in [0.717, 1.165) is 11.3 Å². The molecule has 0 aliphatic carbocycles. The summed E-state index contributed by atoms with van der Waals surface area (Å²) in [6, 6.07) is 17.6. The van der Waals surface area contributed by atoms with Crippen molar-refractivity contribution in [2.45, 2.75) is 6.42 Å². The van der Waals surface area contributed by atoms with E-state index in [1.165, 1.54) is 0 Å². The second-order valence-corrected chi connectivity index (χ2v) is 3.91. The van der Waals surface area contributed by atoms with Crippen LogP contribution < -0.4 is 11.1 Å². The number of hydrogen-bond acceptors (Lipinski definition) is 2. The lowest BCUT2D eigenvalue weighted by molar-refractivity contribution is -0.136. The van der Waals surface area contributed by atoms with Gasteiger partial charge >= 0.3 is 12.0 Å². The second kappa shape index (κ2) is 8.31. The fourth-order valence-corrected chi connectivity index (χ4v) is 1.43. The Morgan fingerprint density at radius 3 is 1.90 bits per heavy atom. The molecule has 2 amide bonds. The molecule has 0 aliphatic rings. The average Bonchev–Trinajstić information content (AvgIpc) is 2.40. The van der Waals surface area contributed by atoms with Crippen LogP contribution >= 0.6 is 0 Å². The fraction of sp³-hybridized carbons (Fsp3) is 0.0667. The molecule has 0 heterocycles. The molecule has 0 fully saturated rings. The number of hydrogen-bond donors (Lipinski definition) is 3. The van der Waals surface area contributed by atoms with Crippen LogP contribution in [0.5, 0.6) is 0 Å². The molecule has 0 bridgehead atoms. The fourth-order valence-electron chi connectivity index (χ4n) is 1.43. The number of benzene rings is 2. The number of carbonyl (C=O) groups is 2. The first-order valence-corrected chi connectivity index (χ1v) is 5.95. The van der Waals surface area contributed by atoms with Crippen LogP contribution in [-0.4, -0.2) is 17.1 Å². The number of carbonyl (C=O) groups excluding carboxylic acids is 1. The average molecular weight is 272 g/mol. The number of amides is 2. The number of nitrogens with two attached hydrogens (primary N) is 1. The Labute approximate surface area is 117 Å². The highest BCUT2D eigenvalue weighted by molar-refractivity contribution is 5.87. The molecular weight excluding hydrogens is 256 g/mol. The highest BCUT2D eigenvalue weighted by atomic mass is 16.4. The number of anilines is 1. The molecule has 4 N–H and O–H groups in total. The zero-order valence-corrected chi connectivity index (χ0v) is 10.8. The van der Waals surface area contributed by atoms with Gasteiger partial charge < -0.3 is 16.2 Å². The van der Waals surface area contributed by atoms with E-state index in [1.807, 2.05) is 36.4 Å². The second-order valence-electron chi connectivity index (χ2n) is 3.91. The lowest BCUT2D eigenvalue weighted by atomic mass is 10.2. The van der Waals surface area contributed by atoms with E-state index in [9.17, 15) is 9.59 Å². The first kappa shape index (κ1) is 15.2. The van der Waals surface area contributed by atoms with Crippen molar-refractivity contribution in [2.24, 2.45) is 5.73 Å². The molecule has 0 radical (unpaired) electrons. The summed E-state index contributed by atoms with van der Waals surface area (Å²) in [5, 5.41) is 10.8. The van der Waals surface area contributed by atoms with Crippen LogP contribution in [0.25, 0.3) is 0 Å². The Hall–Kier alpha value is -2.82. The Balaban J connectivity index is 0.000000200. The van der Waals surface area contributed by atoms with Gasteiger partial charge in [0.05, 0.1) is 6.42 Å². The monoisotopic (exact) mass is 272 g/mol.